The fourth-order valence-corrected chi connectivity index (χ4v) is 1.15. The molecule has 1 rings (SSSR count). The molecule has 0 saturated heterocycles. The zero-order valence-corrected chi connectivity index (χ0v) is 8.46. The van der Waals surface area contributed by atoms with Gasteiger partial charge in [0.1, 0.15) is 5.82 Å². The number of nitrogens with zero attached hydrogens (tertiary/aromatic N) is 2. The molecule has 1 aromatic heterocycles. The van der Waals surface area contributed by atoms with Crippen LogP contribution in [0.1, 0.15) is 19.8 Å². The third-order valence-electron chi connectivity index (χ3n) is 1.66. The summed E-state index contributed by atoms with van der Waals surface area (Å²) >= 11 is 5.80. The minimum atomic E-state index is 0.253. The molecule has 1 heterocycles. The number of hydrogen-bond acceptors (Lipinski definition) is 3. The van der Waals surface area contributed by atoms with Gasteiger partial charge in [-0.1, -0.05) is 0 Å². The molecule has 1 atom stereocenters. The van der Waals surface area contributed by atoms with Gasteiger partial charge in [-0.15, -0.1) is 16.7 Å². The third-order valence-corrected chi connectivity index (χ3v) is 1.88. The Morgan fingerprint density at radius 2 is 2.46 bits per heavy atom. The van der Waals surface area contributed by atoms with Gasteiger partial charge >= 0.3 is 0 Å². The van der Waals surface area contributed by atoms with Gasteiger partial charge in [-0.3, -0.25) is 0 Å². The predicted octanol–water partition coefficient (Wildman–Crippen LogP) is 2.30. The minimum Gasteiger partial charge on any atom is -0.369 e. The van der Waals surface area contributed by atoms with E-state index in [1.165, 1.54) is 0 Å². The first kappa shape index (κ1) is 10.3. The first-order valence-electron chi connectivity index (χ1n) is 4.44. The van der Waals surface area contributed by atoms with Gasteiger partial charge in [0.2, 0.25) is 0 Å². The van der Waals surface area contributed by atoms with E-state index < -0.39 is 0 Å². The number of alkyl halides is 1. The summed E-state index contributed by atoms with van der Waals surface area (Å²) in [5.41, 5.74) is 0. The Morgan fingerprint density at radius 3 is 3.08 bits per heavy atom. The van der Waals surface area contributed by atoms with Gasteiger partial charge in [0.25, 0.3) is 0 Å². The molecule has 0 amide bonds. The molecule has 0 aliphatic rings. The zero-order chi connectivity index (χ0) is 9.52. The molecule has 1 aromatic rings. The van der Waals surface area contributed by atoms with Gasteiger partial charge in [-0.2, -0.15) is 5.10 Å². The molecule has 0 aliphatic heterocycles. The summed E-state index contributed by atoms with van der Waals surface area (Å²) in [4.78, 5) is 0. The lowest BCUT2D eigenvalue weighted by Gasteiger charge is -2.04. The Kier molecular flexibility index (Phi) is 4.54. The van der Waals surface area contributed by atoms with E-state index in [4.69, 9.17) is 11.6 Å². The number of halogens is 1. The van der Waals surface area contributed by atoms with Crippen molar-refractivity contribution >= 4 is 17.4 Å². The fourth-order valence-electron chi connectivity index (χ4n) is 0.996. The van der Waals surface area contributed by atoms with Gasteiger partial charge in [-0.25, -0.2) is 0 Å². The number of nitrogens with one attached hydrogen (secondary N) is 1. The SMILES string of the molecule is CC(Cl)CCCNc1cccnn1. The summed E-state index contributed by atoms with van der Waals surface area (Å²) in [5, 5.41) is 11.1. The van der Waals surface area contributed by atoms with Crippen LogP contribution in [0, 0.1) is 0 Å². The van der Waals surface area contributed by atoms with Crippen LogP contribution in [0.2, 0.25) is 0 Å². The Hall–Kier alpha value is -0.830. The van der Waals surface area contributed by atoms with Crippen LogP contribution >= 0.6 is 11.6 Å². The van der Waals surface area contributed by atoms with Crippen molar-refractivity contribution in [1.29, 1.82) is 0 Å². The lowest BCUT2D eigenvalue weighted by molar-refractivity contribution is 0.747. The zero-order valence-electron chi connectivity index (χ0n) is 7.70. The lowest BCUT2D eigenvalue weighted by atomic mass is 10.2. The topological polar surface area (TPSA) is 37.8 Å². The molecular weight excluding hydrogens is 186 g/mol. The van der Waals surface area contributed by atoms with Crippen LogP contribution in [0.4, 0.5) is 5.82 Å². The third kappa shape index (κ3) is 4.68. The van der Waals surface area contributed by atoms with E-state index in [9.17, 15) is 0 Å². The van der Waals surface area contributed by atoms with Crippen LogP contribution in [-0.2, 0) is 0 Å². The standard InChI is InChI=1S/C9H14ClN3/c1-8(10)4-2-6-11-9-5-3-7-12-13-9/h3,5,7-8H,2,4,6H2,1H3,(H,11,13). The predicted molar refractivity (Wildman–Crippen MR) is 55.1 cm³/mol. The highest BCUT2D eigenvalue weighted by Crippen LogP contribution is 2.04. The van der Waals surface area contributed by atoms with Crippen molar-refractivity contribution in [2.45, 2.75) is 25.1 Å². The second-order valence-corrected chi connectivity index (χ2v) is 3.70. The van der Waals surface area contributed by atoms with Gasteiger partial charge in [0.15, 0.2) is 0 Å². The molecule has 72 valence electrons. The Balaban J connectivity index is 2.13. The molecule has 0 spiro atoms. The smallest absolute Gasteiger partial charge is 0.148 e. The largest absolute Gasteiger partial charge is 0.369 e. The molecular formula is C9H14ClN3. The van der Waals surface area contributed by atoms with Gasteiger partial charge in [0.05, 0.1) is 0 Å². The maximum Gasteiger partial charge on any atom is 0.148 e. The minimum absolute atomic E-state index is 0.253. The van der Waals surface area contributed by atoms with Gasteiger partial charge in [0, 0.05) is 18.1 Å². The molecule has 1 N–H and O–H groups in total. The van der Waals surface area contributed by atoms with E-state index in [0.29, 0.717) is 0 Å². The van der Waals surface area contributed by atoms with E-state index >= 15 is 0 Å². The van der Waals surface area contributed by atoms with E-state index in [-0.39, 0.29) is 5.38 Å². The van der Waals surface area contributed by atoms with Gasteiger partial charge in [-0.05, 0) is 31.9 Å². The van der Waals surface area contributed by atoms with Crippen molar-refractivity contribution in [3.63, 3.8) is 0 Å². The van der Waals surface area contributed by atoms with E-state index in [2.05, 4.69) is 15.5 Å². The van der Waals surface area contributed by atoms with E-state index in [1.54, 1.807) is 6.20 Å². The van der Waals surface area contributed by atoms with Crippen LogP contribution in [0.15, 0.2) is 18.3 Å². The average Bonchev–Trinajstić information content (AvgIpc) is 2.14. The molecule has 0 fully saturated rings. The van der Waals surface area contributed by atoms with Crippen LogP contribution < -0.4 is 5.32 Å². The van der Waals surface area contributed by atoms with Crippen molar-refractivity contribution < 1.29 is 0 Å². The molecule has 0 bridgehead atoms. The average molecular weight is 200 g/mol. The molecule has 0 aliphatic carbocycles. The molecule has 13 heavy (non-hydrogen) atoms. The molecule has 0 saturated carbocycles. The summed E-state index contributed by atoms with van der Waals surface area (Å²) in [5.74, 6) is 0.824. The quantitative estimate of drug-likeness (QED) is 0.584. The summed E-state index contributed by atoms with van der Waals surface area (Å²) in [7, 11) is 0. The second-order valence-electron chi connectivity index (χ2n) is 2.96. The van der Waals surface area contributed by atoms with Crippen LogP contribution in [0.3, 0.4) is 0 Å². The molecule has 0 aromatic carbocycles. The lowest BCUT2D eigenvalue weighted by Crippen LogP contribution is -2.05. The monoisotopic (exact) mass is 199 g/mol. The second kappa shape index (κ2) is 5.75. The maximum absolute atomic E-state index is 5.80. The van der Waals surface area contributed by atoms with E-state index in [1.807, 2.05) is 19.1 Å². The Morgan fingerprint density at radius 1 is 1.62 bits per heavy atom. The van der Waals surface area contributed by atoms with Crippen LogP contribution in [0.5, 0.6) is 0 Å². The maximum atomic E-state index is 5.80. The molecule has 1 unspecified atom stereocenters. The molecule has 3 nitrogen and oxygen atoms in total. The first-order valence-corrected chi connectivity index (χ1v) is 4.88. The highest BCUT2D eigenvalue weighted by atomic mass is 35.5. The summed E-state index contributed by atoms with van der Waals surface area (Å²) < 4.78 is 0. The normalized spacial score (nSPS) is 12.5. The summed E-state index contributed by atoms with van der Waals surface area (Å²) in [6.45, 7) is 2.90. The van der Waals surface area contributed by atoms with Crippen molar-refractivity contribution in [3.8, 4) is 0 Å². The van der Waals surface area contributed by atoms with Gasteiger partial charge < -0.3 is 5.32 Å². The van der Waals surface area contributed by atoms with Crippen molar-refractivity contribution in [1.82, 2.24) is 10.2 Å². The van der Waals surface area contributed by atoms with Crippen molar-refractivity contribution in [2.75, 3.05) is 11.9 Å². The fraction of sp³-hybridized carbons (Fsp3) is 0.556. The Bertz CT molecular complexity index is 226. The Labute approximate surface area is 83.5 Å². The number of rotatable bonds is 5. The van der Waals surface area contributed by atoms with Crippen molar-refractivity contribution in [3.05, 3.63) is 18.3 Å². The number of anilines is 1. The summed E-state index contributed by atoms with van der Waals surface area (Å²) in [6, 6.07) is 3.76. The van der Waals surface area contributed by atoms with Crippen LogP contribution in [0.25, 0.3) is 0 Å². The number of aromatic nitrogens is 2. The van der Waals surface area contributed by atoms with E-state index in [0.717, 1.165) is 25.2 Å². The highest BCUT2D eigenvalue weighted by molar-refractivity contribution is 6.20. The molecule has 4 heteroatoms. The molecule has 0 radical (unpaired) electrons. The van der Waals surface area contributed by atoms with Crippen molar-refractivity contribution in [2.24, 2.45) is 0 Å². The number of hydrogen-bond donors (Lipinski definition) is 1. The summed E-state index contributed by atoms with van der Waals surface area (Å²) in [6.07, 6.45) is 3.74. The first-order chi connectivity index (χ1) is 6.29. The highest BCUT2D eigenvalue weighted by Gasteiger charge is 1.96. The van der Waals surface area contributed by atoms with Crippen LogP contribution in [-0.4, -0.2) is 22.1 Å².